The van der Waals surface area contributed by atoms with E-state index in [1.165, 1.54) is 6.39 Å². The average molecular weight is 152 g/mol. The molecule has 0 aromatic carbocycles. The predicted molar refractivity (Wildman–Crippen MR) is 43.0 cm³/mol. The lowest BCUT2D eigenvalue weighted by Crippen LogP contribution is -2.13. The van der Waals surface area contributed by atoms with Crippen LogP contribution in [-0.4, -0.2) is 11.5 Å². The monoisotopic (exact) mass is 152 g/mol. The van der Waals surface area contributed by atoms with Gasteiger partial charge < -0.3 is 9.73 Å². The molecule has 0 aliphatic carbocycles. The van der Waals surface area contributed by atoms with Crippen molar-refractivity contribution in [3.05, 3.63) is 31.0 Å². The Hall–Kier alpha value is -1.09. The van der Waals surface area contributed by atoms with Crippen molar-refractivity contribution in [2.75, 3.05) is 6.54 Å². The molecule has 1 heterocycles. The summed E-state index contributed by atoms with van der Waals surface area (Å²) in [4.78, 5) is 3.79. The number of oxazole rings is 1. The first-order valence-corrected chi connectivity index (χ1v) is 3.62. The highest BCUT2D eigenvalue weighted by Crippen LogP contribution is 1.94. The predicted octanol–water partition coefficient (Wildman–Crippen LogP) is 1.34. The maximum atomic E-state index is 5.01. The number of aromatic nitrogens is 1. The molecule has 0 atom stereocenters. The number of nitrogens with zero attached hydrogens (tertiary/aromatic N) is 1. The summed E-state index contributed by atoms with van der Waals surface area (Å²) in [5, 5.41) is 3.18. The molecular weight excluding hydrogens is 140 g/mol. The Bertz CT molecular complexity index is 194. The first kappa shape index (κ1) is 8.01. The van der Waals surface area contributed by atoms with E-state index >= 15 is 0 Å². The molecule has 0 aliphatic rings. The molecule has 60 valence electrons. The van der Waals surface area contributed by atoms with Gasteiger partial charge in [0.1, 0.15) is 5.76 Å². The number of hydrogen-bond donors (Lipinski definition) is 1. The summed E-state index contributed by atoms with van der Waals surface area (Å²) in [5.41, 5.74) is 0. The lowest BCUT2D eigenvalue weighted by molar-refractivity contribution is 0.481. The summed E-state index contributed by atoms with van der Waals surface area (Å²) < 4.78 is 5.01. The molecule has 0 radical (unpaired) electrons. The summed E-state index contributed by atoms with van der Waals surface area (Å²) in [6.45, 7) is 5.30. The lowest BCUT2D eigenvalue weighted by atomic mass is 10.4. The number of rotatable bonds is 5. The molecular formula is C8H12N2O. The average Bonchev–Trinajstić information content (AvgIpc) is 2.50. The van der Waals surface area contributed by atoms with E-state index in [-0.39, 0.29) is 0 Å². The van der Waals surface area contributed by atoms with Gasteiger partial charge in [0.05, 0.1) is 12.7 Å². The van der Waals surface area contributed by atoms with Crippen molar-refractivity contribution in [1.82, 2.24) is 10.3 Å². The molecule has 0 fully saturated rings. The van der Waals surface area contributed by atoms with Gasteiger partial charge in [0.2, 0.25) is 0 Å². The van der Waals surface area contributed by atoms with Crippen molar-refractivity contribution in [2.45, 2.75) is 13.0 Å². The quantitative estimate of drug-likeness (QED) is 0.511. The summed E-state index contributed by atoms with van der Waals surface area (Å²) >= 11 is 0. The minimum Gasteiger partial charge on any atom is -0.447 e. The summed E-state index contributed by atoms with van der Waals surface area (Å²) in [6, 6.07) is 0. The second-order valence-electron chi connectivity index (χ2n) is 2.22. The fourth-order valence-electron chi connectivity index (χ4n) is 0.745. The molecule has 11 heavy (non-hydrogen) atoms. The van der Waals surface area contributed by atoms with Gasteiger partial charge in [-0.3, -0.25) is 0 Å². The molecule has 0 bridgehead atoms. The van der Waals surface area contributed by atoms with Gasteiger partial charge in [-0.25, -0.2) is 4.98 Å². The Morgan fingerprint density at radius 1 is 1.73 bits per heavy atom. The van der Waals surface area contributed by atoms with Gasteiger partial charge in [-0.05, 0) is 13.0 Å². The van der Waals surface area contributed by atoms with Gasteiger partial charge in [-0.1, -0.05) is 6.08 Å². The lowest BCUT2D eigenvalue weighted by Gasteiger charge is -1.97. The molecule has 1 aromatic rings. The molecule has 0 amide bonds. The zero-order valence-corrected chi connectivity index (χ0v) is 6.42. The van der Waals surface area contributed by atoms with E-state index in [9.17, 15) is 0 Å². The van der Waals surface area contributed by atoms with Gasteiger partial charge in [0.25, 0.3) is 0 Å². The third-order valence-corrected chi connectivity index (χ3v) is 1.31. The Labute approximate surface area is 66.1 Å². The van der Waals surface area contributed by atoms with Crippen molar-refractivity contribution >= 4 is 0 Å². The van der Waals surface area contributed by atoms with Crippen LogP contribution in [0.3, 0.4) is 0 Å². The van der Waals surface area contributed by atoms with Crippen molar-refractivity contribution in [3.8, 4) is 0 Å². The molecule has 3 heteroatoms. The van der Waals surface area contributed by atoms with Crippen LogP contribution in [0.5, 0.6) is 0 Å². The minimum atomic E-state index is 0.744. The molecule has 1 N–H and O–H groups in total. The summed E-state index contributed by atoms with van der Waals surface area (Å²) in [7, 11) is 0. The van der Waals surface area contributed by atoms with Crippen LogP contribution in [0.25, 0.3) is 0 Å². The smallest absolute Gasteiger partial charge is 0.180 e. The SMILES string of the molecule is C=CCCNCc1cnco1. The van der Waals surface area contributed by atoms with Gasteiger partial charge in [0, 0.05) is 0 Å². The zero-order chi connectivity index (χ0) is 7.94. The van der Waals surface area contributed by atoms with E-state index in [1.807, 2.05) is 6.08 Å². The third kappa shape index (κ3) is 3.00. The van der Waals surface area contributed by atoms with Gasteiger partial charge in [-0.15, -0.1) is 6.58 Å². The standard InChI is InChI=1S/C8H12N2O/c1-2-3-4-9-5-8-6-10-7-11-8/h2,6-7,9H,1,3-5H2. The normalized spacial score (nSPS) is 9.82. The largest absolute Gasteiger partial charge is 0.447 e. The Balaban J connectivity index is 2.09. The highest BCUT2D eigenvalue weighted by atomic mass is 16.3. The zero-order valence-electron chi connectivity index (χ0n) is 6.42. The van der Waals surface area contributed by atoms with Crippen LogP contribution < -0.4 is 5.32 Å². The van der Waals surface area contributed by atoms with E-state index in [0.29, 0.717) is 0 Å². The van der Waals surface area contributed by atoms with Crippen LogP contribution in [0, 0.1) is 0 Å². The fourth-order valence-corrected chi connectivity index (χ4v) is 0.745. The molecule has 0 saturated carbocycles. The molecule has 0 saturated heterocycles. The Morgan fingerprint density at radius 3 is 3.27 bits per heavy atom. The molecule has 0 aliphatic heterocycles. The van der Waals surface area contributed by atoms with E-state index < -0.39 is 0 Å². The Kier molecular flexibility index (Phi) is 3.41. The van der Waals surface area contributed by atoms with E-state index in [2.05, 4.69) is 16.9 Å². The fraction of sp³-hybridized carbons (Fsp3) is 0.375. The van der Waals surface area contributed by atoms with Crippen LogP contribution in [-0.2, 0) is 6.54 Å². The molecule has 0 unspecified atom stereocenters. The topological polar surface area (TPSA) is 38.1 Å². The minimum absolute atomic E-state index is 0.744. The molecule has 1 rings (SSSR count). The van der Waals surface area contributed by atoms with Crippen LogP contribution in [0.4, 0.5) is 0 Å². The first-order chi connectivity index (χ1) is 5.43. The van der Waals surface area contributed by atoms with Crippen molar-refractivity contribution < 1.29 is 4.42 Å². The van der Waals surface area contributed by atoms with E-state index in [1.54, 1.807) is 6.20 Å². The Morgan fingerprint density at radius 2 is 2.64 bits per heavy atom. The van der Waals surface area contributed by atoms with Crippen LogP contribution in [0.15, 0.2) is 29.7 Å². The van der Waals surface area contributed by atoms with Crippen LogP contribution in [0.2, 0.25) is 0 Å². The third-order valence-electron chi connectivity index (χ3n) is 1.31. The molecule has 3 nitrogen and oxygen atoms in total. The van der Waals surface area contributed by atoms with Crippen molar-refractivity contribution in [3.63, 3.8) is 0 Å². The highest BCUT2D eigenvalue weighted by molar-refractivity contribution is 4.87. The summed E-state index contributed by atoms with van der Waals surface area (Å²) in [5.74, 6) is 0.870. The maximum Gasteiger partial charge on any atom is 0.180 e. The van der Waals surface area contributed by atoms with Gasteiger partial charge in [0.15, 0.2) is 6.39 Å². The highest BCUT2D eigenvalue weighted by Gasteiger charge is 1.92. The van der Waals surface area contributed by atoms with Gasteiger partial charge in [-0.2, -0.15) is 0 Å². The van der Waals surface area contributed by atoms with Crippen LogP contribution in [0.1, 0.15) is 12.2 Å². The second-order valence-corrected chi connectivity index (χ2v) is 2.22. The van der Waals surface area contributed by atoms with E-state index in [4.69, 9.17) is 4.42 Å². The maximum absolute atomic E-state index is 5.01. The summed E-state index contributed by atoms with van der Waals surface area (Å²) in [6.07, 6.45) is 6.01. The number of nitrogens with one attached hydrogen (secondary N) is 1. The molecule has 0 spiro atoms. The van der Waals surface area contributed by atoms with Crippen LogP contribution >= 0.6 is 0 Å². The van der Waals surface area contributed by atoms with Gasteiger partial charge >= 0.3 is 0 Å². The van der Waals surface area contributed by atoms with Crippen molar-refractivity contribution in [2.24, 2.45) is 0 Å². The van der Waals surface area contributed by atoms with Crippen molar-refractivity contribution in [1.29, 1.82) is 0 Å². The second kappa shape index (κ2) is 4.68. The number of hydrogen-bond acceptors (Lipinski definition) is 3. The first-order valence-electron chi connectivity index (χ1n) is 3.62. The molecule has 1 aromatic heterocycles. The van der Waals surface area contributed by atoms with E-state index in [0.717, 1.165) is 25.3 Å².